The Balaban J connectivity index is 2.11. The molecule has 0 radical (unpaired) electrons. The Hall–Kier alpha value is -3.36. The lowest BCUT2D eigenvalue weighted by molar-refractivity contribution is 0.0697. The molecule has 0 bridgehead atoms. The smallest absolute Gasteiger partial charge is 0.335 e. The lowest BCUT2D eigenvalue weighted by atomic mass is 10.2. The van der Waals surface area contributed by atoms with Gasteiger partial charge in [0.1, 0.15) is 11.6 Å². The number of anilines is 4. The van der Waals surface area contributed by atoms with Gasteiger partial charge in [-0.1, -0.05) is 0 Å². The van der Waals surface area contributed by atoms with E-state index in [2.05, 4.69) is 20.5 Å². The van der Waals surface area contributed by atoms with E-state index in [1.165, 1.54) is 18.3 Å². The summed E-state index contributed by atoms with van der Waals surface area (Å²) in [4.78, 5) is 18.3. The predicted octanol–water partition coefficient (Wildman–Crippen LogP) is 0.367. The Labute approximate surface area is 119 Å². The van der Waals surface area contributed by atoms with E-state index < -0.39 is 5.97 Å². The van der Waals surface area contributed by atoms with Crippen molar-refractivity contribution in [2.24, 2.45) is 5.10 Å². The van der Waals surface area contributed by atoms with Crippen LogP contribution in [0.5, 0.6) is 0 Å². The Kier molecular flexibility index (Phi) is 3.84. The predicted molar refractivity (Wildman–Crippen MR) is 79.9 cm³/mol. The molecule has 1 aromatic heterocycles. The number of nitrogens with zero attached hydrogens (tertiary/aromatic N) is 3. The van der Waals surface area contributed by atoms with E-state index in [9.17, 15) is 4.79 Å². The summed E-state index contributed by atoms with van der Waals surface area (Å²) in [5.74, 6) is -0.775. The maximum atomic E-state index is 10.7. The van der Waals surface area contributed by atoms with Crippen molar-refractivity contribution in [1.29, 1.82) is 0 Å². The van der Waals surface area contributed by atoms with E-state index in [4.69, 9.17) is 22.3 Å². The van der Waals surface area contributed by atoms with Gasteiger partial charge in [-0.05, 0) is 24.3 Å². The molecule has 1 heterocycles. The molecule has 108 valence electrons. The zero-order valence-corrected chi connectivity index (χ0v) is 10.8. The molecule has 0 aliphatic rings. The topological polar surface area (TPSA) is 166 Å². The minimum absolute atomic E-state index is 0.0145. The summed E-state index contributed by atoms with van der Waals surface area (Å²) in [6.07, 6.45) is 1.36. The van der Waals surface area contributed by atoms with Gasteiger partial charge < -0.3 is 22.3 Å². The van der Waals surface area contributed by atoms with Gasteiger partial charge >= 0.3 is 5.97 Å². The SMILES string of the molecule is Nc1nc(N)c(/C=N/Nc2ccc(C(=O)O)cc2)c(N)n1. The van der Waals surface area contributed by atoms with Crippen molar-refractivity contribution in [3.63, 3.8) is 0 Å². The van der Waals surface area contributed by atoms with Crippen LogP contribution in [0.2, 0.25) is 0 Å². The van der Waals surface area contributed by atoms with E-state index in [1.54, 1.807) is 12.1 Å². The molecule has 0 spiro atoms. The maximum Gasteiger partial charge on any atom is 0.335 e. The highest BCUT2D eigenvalue weighted by molar-refractivity contribution is 5.92. The Bertz CT molecular complexity index is 674. The normalized spacial score (nSPS) is 10.7. The van der Waals surface area contributed by atoms with Crippen molar-refractivity contribution in [2.45, 2.75) is 0 Å². The summed E-state index contributed by atoms with van der Waals surface area (Å²) >= 11 is 0. The third-order valence-corrected chi connectivity index (χ3v) is 2.54. The molecule has 21 heavy (non-hydrogen) atoms. The van der Waals surface area contributed by atoms with Crippen LogP contribution in [0, 0.1) is 0 Å². The fourth-order valence-corrected chi connectivity index (χ4v) is 1.51. The van der Waals surface area contributed by atoms with Gasteiger partial charge in [0.15, 0.2) is 0 Å². The summed E-state index contributed by atoms with van der Waals surface area (Å²) < 4.78 is 0. The zero-order valence-electron chi connectivity index (χ0n) is 10.8. The second kappa shape index (κ2) is 5.74. The van der Waals surface area contributed by atoms with E-state index in [1.807, 2.05) is 0 Å². The second-order valence-corrected chi connectivity index (χ2v) is 4.02. The average Bonchev–Trinajstić information content (AvgIpc) is 2.42. The third-order valence-electron chi connectivity index (χ3n) is 2.54. The van der Waals surface area contributed by atoms with E-state index in [0.717, 1.165) is 0 Å². The highest BCUT2D eigenvalue weighted by atomic mass is 16.4. The average molecular weight is 287 g/mol. The standard InChI is InChI=1S/C12H13N7O2/c13-9-8(10(14)18-12(15)17-9)5-16-19-7-3-1-6(2-4-7)11(20)21/h1-5,19H,(H,20,21)(H6,13,14,15,17,18)/b16-5+. The van der Waals surface area contributed by atoms with Crippen molar-refractivity contribution >= 4 is 35.5 Å². The fraction of sp³-hybridized carbons (Fsp3) is 0. The van der Waals surface area contributed by atoms with Crippen LogP contribution in [-0.2, 0) is 0 Å². The molecule has 8 N–H and O–H groups in total. The van der Waals surface area contributed by atoms with Crippen molar-refractivity contribution < 1.29 is 9.90 Å². The Morgan fingerprint density at radius 3 is 2.24 bits per heavy atom. The number of benzene rings is 1. The Morgan fingerprint density at radius 1 is 1.14 bits per heavy atom. The number of nitrogens with one attached hydrogen (secondary N) is 1. The summed E-state index contributed by atoms with van der Waals surface area (Å²) in [6.45, 7) is 0. The number of carboxylic acid groups (broad SMARTS) is 1. The Morgan fingerprint density at radius 2 is 1.71 bits per heavy atom. The summed E-state index contributed by atoms with van der Waals surface area (Å²) in [6, 6.07) is 6.06. The molecule has 0 saturated carbocycles. The van der Waals surface area contributed by atoms with Crippen LogP contribution < -0.4 is 22.6 Å². The van der Waals surface area contributed by atoms with Crippen LogP contribution in [-0.4, -0.2) is 27.3 Å². The molecule has 0 amide bonds. The monoisotopic (exact) mass is 287 g/mol. The number of nitrogens with two attached hydrogens (primary N) is 3. The van der Waals surface area contributed by atoms with E-state index in [0.29, 0.717) is 11.3 Å². The van der Waals surface area contributed by atoms with Gasteiger partial charge in [-0.3, -0.25) is 5.43 Å². The van der Waals surface area contributed by atoms with Crippen LogP contribution in [0.1, 0.15) is 15.9 Å². The number of hydrogen-bond acceptors (Lipinski definition) is 8. The van der Waals surface area contributed by atoms with Crippen LogP contribution in [0.3, 0.4) is 0 Å². The molecular formula is C12H13N7O2. The lowest BCUT2D eigenvalue weighted by Gasteiger charge is -2.04. The maximum absolute atomic E-state index is 10.7. The van der Waals surface area contributed by atoms with Gasteiger partial charge in [0.25, 0.3) is 0 Å². The molecule has 0 saturated heterocycles. The first-order valence-corrected chi connectivity index (χ1v) is 5.78. The molecule has 0 aliphatic heterocycles. The summed E-state index contributed by atoms with van der Waals surface area (Å²) in [7, 11) is 0. The van der Waals surface area contributed by atoms with Gasteiger partial charge in [0.2, 0.25) is 5.95 Å². The molecule has 0 aliphatic carbocycles. The van der Waals surface area contributed by atoms with Crippen LogP contribution in [0.25, 0.3) is 0 Å². The molecule has 0 fully saturated rings. The van der Waals surface area contributed by atoms with Gasteiger partial charge in [0, 0.05) is 0 Å². The lowest BCUT2D eigenvalue weighted by Crippen LogP contribution is -2.08. The molecule has 1 aromatic carbocycles. The summed E-state index contributed by atoms with van der Waals surface area (Å²) in [5.41, 5.74) is 20.6. The van der Waals surface area contributed by atoms with Crippen molar-refractivity contribution in [3.8, 4) is 0 Å². The number of carbonyl (C=O) groups is 1. The number of aromatic carboxylic acids is 1. The quantitative estimate of drug-likeness (QED) is 0.397. The minimum Gasteiger partial charge on any atom is -0.478 e. The van der Waals surface area contributed by atoms with Gasteiger partial charge in [-0.2, -0.15) is 15.1 Å². The molecule has 9 heteroatoms. The highest BCUT2D eigenvalue weighted by Gasteiger charge is 2.06. The van der Waals surface area contributed by atoms with Gasteiger partial charge in [-0.25, -0.2) is 4.79 Å². The van der Waals surface area contributed by atoms with Crippen LogP contribution >= 0.6 is 0 Å². The van der Waals surface area contributed by atoms with Crippen LogP contribution in [0.15, 0.2) is 29.4 Å². The number of hydrogen-bond donors (Lipinski definition) is 5. The number of aromatic nitrogens is 2. The molecule has 2 rings (SSSR count). The number of nitrogen functional groups attached to an aromatic ring is 3. The molecule has 0 atom stereocenters. The number of hydrazone groups is 1. The van der Waals surface area contributed by atoms with E-state index >= 15 is 0 Å². The molecule has 0 unspecified atom stereocenters. The molecule has 2 aromatic rings. The minimum atomic E-state index is -0.996. The second-order valence-electron chi connectivity index (χ2n) is 4.02. The van der Waals surface area contributed by atoms with Gasteiger partial charge in [-0.15, -0.1) is 0 Å². The molecule has 9 nitrogen and oxygen atoms in total. The number of rotatable bonds is 4. The van der Waals surface area contributed by atoms with Crippen LogP contribution in [0.4, 0.5) is 23.3 Å². The van der Waals surface area contributed by atoms with Gasteiger partial charge in [0.05, 0.1) is 23.0 Å². The largest absolute Gasteiger partial charge is 0.478 e. The fourth-order valence-electron chi connectivity index (χ4n) is 1.51. The zero-order chi connectivity index (χ0) is 15.4. The molecular weight excluding hydrogens is 274 g/mol. The number of carboxylic acids is 1. The van der Waals surface area contributed by atoms with E-state index in [-0.39, 0.29) is 23.1 Å². The highest BCUT2D eigenvalue weighted by Crippen LogP contribution is 2.14. The third kappa shape index (κ3) is 3.35. The first-order chi connectivity index (χ1) is 9.97. The van der Waals surface area contributed by atoms with Crippen molar-refractivity contribution in [2.75, 3.05) is 22.6 Å². The van der Waals surface area contributed by atoms with Crippen molar-refractivity contribution in [1.82, 2.24) is 9.97 Å². The first-order valence-electron chi connectivity index (χ1n) is 5.78. The first kappa shape index (κ1) is 14.1. The summed E-state index contributed by atoms with van der Waals surface area (Å²) in [5, 5.41) is 12.7. The van der Waals surface area contributed by atoms with Crippen molar-refractivity contribution in [3.05, 3.63) is 35.4 Å².